The lowest BCUT2D eigenvalue weighted by atomic mass is 10.2. The monoisotopic (exact) mass is 173 g/mol. The summed E-state index contributed by atoms with van der Waals surface area (Å²) in [6.07, 6.45) is 0. The van der Waals surface area contributed by atoms with Crippen molar-refractivity contribution in [1.29, 1.82) is 0 Å². The SMILES string of the molecule is C=C(C)C(=O)NC(CO)C(=O)O. The van der Waals surface area contributed by atoms with Gasteiger partial charge in [-0.1, -0.05) is 6.58 Å². The van der Waals surface area contributed by atoms with E-state index in [0.717, 1.165) is 0 Å². The molecule has 0 fully saturated rings. The Kier molecular flexibility index (Phi) is 3.99. The van der Waals surface area contributed by atoms with Crippen LogP contribution < -0.4 is 5.32 Å². The van der Waals surface area contributed by atoms with E-state index in [4.69, 9.17) is 10.2 Å². The number of aliphatic hydroxyl groups excluding tert-OH is 1. The molecule has 1 amide bonds. The molecule has 0 aromatic carbocycles. The van der Waals surface area contributed by atoms with Crippen LogP contribution in [0.25, 0.3) is 0 Å². The molecule has 68 valence electrons. The molecule has 0 aromatic rings. The maximum atomic E-state index is 10.8. The summed E-state index contributed by atoms with van der Waals surface area (Å²) in [6.45, 7) is 4.13. The standard InChI is InChI=1S/C7H11NO4/c1-4(2)6(10)8-5(3-9)7(11)12/h5,9H,1,3H2,2H3,(H,8,10)(H,11,12). The highest BCUT2D eigenvalue weighted by molar-refractivity contribution is 5.94. The predicted octanol–water partition coefficient (Wildman–Crippen LogP) is -0.876. The summed E-state index contributed by atoms with van der Waals surface area (Å²) in [5.41, 5.74) is 0.203. The van der Waals surface area contributed by atoms with Crippen molar-refractivity contribution in [2.45, 2.75) is 13.0 Å². The minimum atomic E-state index is -1.27. The van der Waals surface area contributed by atoms with Crippen molar-refractivity contribution < 1.29 is 19.8 Å². The van der Waals surface area contributed by atoms with Gasteiger partial charge in [-0.2, -0.15) is 0 Å². The topological polar surface area (TPSA) is 86.6 Å². The Hall–Kier alpha value is -1.36. The highest BCUT2D eigenvalue weighted by atomic mass is 16.4. The first kappa shape index (κ1) is 10.6. The molecule has 3 N–H and O–H groups in total. The van der Waals surface area contributed by atoms with Crippen molar-refractivity contribution in [3.8, 4) is 0 Å². The van der Waals surface area contributed by atoms with Crippen molar-refractivity contribution >= 4 is 11.9 Å². The van der Waals surface area contributed by atoms with E-state index in [9.17, 15) is 9.59 Å². The van der Waals surface area contributed by atoms with Gasteiger partial charge in [0.25, 0.3) is 0 Å². The Balaban J connectivity index is 4.12. The van der Waals surface area contributed by atoms with Crippen molar-refractivity contribution in [3.05, 3.63) is 12.2 Å². The number of amides is 1. The fourth-order valence-corrected chi connectivity index (χ4v) is 0.467. The summed E-state index contributed by atoms with van der Waals surface area (Å²) in [7, 11) is 0. The zero-order chi connectivity index (χ0) is 9.72. The number of carbonyl (C=O) groups excluding carboxylic acids is 1. The largest absolute Gasteiger partial charge is 0.480 e. The quantitative estimate of drug-likeness (QED) is 0.482. The van der Waals surface area contributed by atoms with E-state index >= 15 is 0 Å². The average Bonchev–Trinajstić information content (AvgIpc) is 1.98. The Morgan fingerprint density at radius 3 is 2.33 bits per heavy atom. The van der Waals surface area contributed by atoms with Gasteiger partial charge in [-0.05, 0) is 6.92 Å². The zero-order valence-corrected chi connectivity index (χ0v) is 6.70. The molecule has 12 heavy (non-hydrogen) atoms. The highest BCUT2D eigenvalue weighted by Crippen LogP contribution is 1.89. The van der Waals surface area contributed by atoms with Gasteiger partial charge in [0.05, 0.1) is 6.61 Å². The van der Waals surface area contributed by atoms with Crippen LogP contribution in [0, 0.1) is 0 Å². The highest BCUT2D eigenvalue weighted by Gasteiger charge is 2.18. The van der Waals surface area contributed by atoms with Crippen LogP contribution in [0.2, 0.25) is 0 Å². The summed E-state index contributed by atoms with van der Waals surface area (Å²) >= 11 is 0. The van der Waals surface area contributed by atoms with Crippen LogP contribution in [-0.4, -0.2) is 34.7 Å². The normalized spacial score (nSPS) is 11.8. The van der Waals surface area contributed by atoms with Gasteiger partial charge in [-0.3, -0.25) is 4.79 Å². The Labute approximate surface area is 69.7 Å². The van der Waals surface area contributed by atoms with Crippen LogP contribution in [0.15, 0.2) is 12.2 Å². The van der Waals surface area contributed by atoms with Crippen molar-refractivity contribution in [2.24, 2.45) is 0 Å². The molecule has 0 radical (unpaired) electrons. The first-order valence-corrected chi connectivity index (χ1v) is 3.29. The van der Waals surface area contributed by atoms with Crippen molar-refractivity contribution in [3.63, 3.8) is 0 Å². The number of rotatable bonds is 4. The van der Waals surface area contributed by atoms with Crippen LogP contribution in [0.5, 0.6) is 0 Å². The summed E-state index contributed by atoms with van der Waals surface area (Å²) in [5.74, 6) is -1.84. The number of nitrogens with one attached hydrogen (secondary N) is 1. The smallest absolute Gasteiger partial charge is 0.328 e. The van der Waals surface area contributed by atoms with Gasteiger partial charge < -0.3 is 15.5 Å². The fraction of sp³-hybridized carbons (Fsp3) is 0.429. The van der Waals surface area contributed by atoms with Gasteiger partial charge in [0.1, 0.15) is 0 Å². The minimum Gasteiger partial charge on any atom is -0.480 e. The molecule has 1 atom stereocenters. The van der Waals surface area contributed by atoms with Crippen LogP contribution in [0.4, 0.5) is 0 Å². The molecule has 0 aliphatic heterocycles. The number of hydrogen-bond acceptors (Lipinski definition) is 3. The third kappa shape index (κ3) is 3.16. The van der Waals surface area contributed by atoms with Crippen molar-refractivity contribution in [2.75, 3.05) is 6.61 Å². The van der Waals surface area contributed by atoms with E-state index in [0.29, 0.717) is 0 Å². The van der Waals surface area contributed by atoms with E-state index in [1.165, 1.54) is 6.92 Å². The maximum absolute atomic E-state index is 10.8. The summed E-state index contributed by atoms with van der Waals surface area (Å²) in [6, 6.07) is -1.26. The molecular formula is C7H11NO4. The lowest BCUT2D eigenvalue weighted by Gasteiger charge is -2.10. The van der Waals surface area contributed by atoms with E-state index in [2.05, 4.69) is 11.9 Å². The fourth-order valence-electron chi connectivity index (χ4n) is 0.467. The lowest BCUT2D eigenvalue weighted by Crippen LogP contribution is -2.43. The predicted molar refractivity (Wildman–Crippen MR) is 41.5 cm³/mol. The minimum absolute atomic E-state index is 0.203. The lowest BCUT2D eigenvalue weighted by molar-refractivity contribution is -0.142. The average molecular weight is 173 g/mol. The Morgan fingerprint density at radius 2 is 2.08 bits per heavy atom. The van der Waals surface area contributed by atoms with Crippen LogP contribution in [-0.2, 0) is 9.59 Å². The van der Waals surface area contributed by atoms with E-state index in [-0.39, 0.29) is 5.57 Å². The van der Waals surface area contributed by atoms with Crippen LogP contribution in [0.3, 0.4) is 0 Å². The van der Waals surface area contributed by atoms with Crippen molar-refractivity contribution in [1.82, 2.24) is 5.32 Å². The first-order valence-electron chi connectivity index (χ1n) is 3.29. The zero-order valence-electron chi connectivity index (χ0n) is 6.70. The van der Waals surface area contributed by atoms with Gasteiger partial charge in [0, 0.05) is 5.57 Å². The van der Waals surface area contributed by atoms with Crippen LogP contribution >= 0.6 is 0 Å². The van der Waals surface area contributed by atoms with E-state index in [1.54, 1.807) is 0 Å². The third-order valence-electron chi connectivity index (χ3n) is 1.17. The molecule has 0 saturated carbocycles. The summed E-state index contributed by atoms with van der Waals surface area (Å²) in [4.78, 5) is 21.1. The second-order valence-corrected chi connectivity index (χ2v) is 2.33. The molecule has 0 aromatic heterocycles. The second kappa shape index (κ2) is 4.50. The third-order valence-corrected chi connectivity index (χ3v) is 1.17. The number of carboxylic acids is 1. The molecule has 5 nitrogen and oxygen atoms in total. The van der Waals surface area contributed by atoms with E-state index < -0.39 is 24.5 Å². The molecular weight excluding hydrogens is 162 g/mol. The van der Waals surface area contributed by atoms with Gasteiger partial charge >= 0.3 is 5.97 Å². The van der Waals surface area contributed by atoms with Gasteiger partial charge in [0.15, 0.2) is 6.04 Å². The number of carbonyl (C=O) groups is 2. The number of aliphatic carboxylic acids is 1. The van der Waals surface area contributed by atoms with E-state index in [1.807, 2.05) is 0 Å². The summed E-state index contributed by atoms with van der Waals surface area (Å²) < 4.78 is 0. The molecule has 0 aliphatic carbocycles. The number of carboxylic acid groups (broad SMARTS) is 1. The molecule has 0 rings (SSSR count). The number of aliphatic hydroxyl groups is 1. The Morgan fingerprint density at radius 1 is 1.58 bits per heavy atom. The maximum Gasteiger partial charge on any atom is 0.328 e. The molecule has 0 spiro atoms. The first-order chi connectivity index (χ1) is 5.49. The Bertz CT molecular complexity index is 211. The molecule has 0 saturated heterocycles. The number of hydrogen-bond donors (Lipinski definition) is 3. The van der Waals surface area contributed by atoms with Crippen LogP contribution in [0.1, 0.15) is 6.92 Å². The molecule has 0 bridgehead atoms. The molecule has 0 aliphatic rings. The molecule has 1 unspecified atom stereocenters. The van der Waals surface area contributed by atoms with Gasteiger partial charge in [-0.25, -0.2) is 4.79 Å². The van der Waals surface area contributed by atoms with Gasteiger partial charge in [0.2, 0.25) is 5.91 Å². The molecule has 5 heteroatoms. The summed E-state index contributed by atoms with van der Waals surface area (Å²) in [5, 5.41) is 19.0. The molecule has 0 heterocycles. The second-order valence-electron chi connectivity index (χ2n) is 2.33. The van der Waals surface area contributed by atoms with Gasteiger partial charge in [-0.15, -0.1) is 0 Å².